The fourth-order valence-corrected chi connectivity index (χ4v) is 1.59. The SMILES string of the molecule is OSCC[C@@H]1C[C@H](O)[C@H](O)CO1. The molecule has 0 saturated carbocycles. The molecule has 1 aliphatic heterocycles. The summed E-state index contributed by atoms with van der Waals surface area (Å²) in [6.07, 6.45) is -0.273. The highest BCUT2D eigenvalue weighted by Gasteiger charge is 2.27. The minimum atomic E-state index is -0.747. The lowest BCUT2D eigenvalue weighted by molar-refractivity contribution is -0.120. The summed E-state index contributed by atoms with van der Waals surface area (Å²) >= 11 is 0.773. The van der Waals surface area contributed by atoms with Gasteiger partial charge in [-0.1, -0.05) is 0 Å². The Kier molecular flexibility index (Phi) is 4.31. The van der Waals surface area contributed by atoms with Crippen LogP contribution in [0.4, 0.5) is 0 Å². The highest BCUT2D eigenvalue weighted by Crippen LogP contribution is 2.18. The van der Waals surface area contributed by atoms with Gasteiger partial charge in [0.1, 0.15) is 6.10 Å². The molecular weight excluding hydrogens is 180 g/mol. The summed E-state index contributed by atoms with van der Waals surface area (Å²) in [5.41, 5.74) is 0. The third-order valence-corrected chi connectivity index (χ3v) is 2.40. The molecule has 0 unspecified atom stereocenters. The summed E-state index contributed by atoms with van der Waals surface area (Å²) < 4.78 is 13.7. The normalized spacial score (nSPS) is 36.8. The molecule has 0 radical (unpaired) electrons. The zero-order valence-corrected chi connectivity index (χ0v) is 7.54. The molecule has 1 heterocycles. The van der Waals surface area contributed by atoms with Gasteiger partial charge in [0.05, 0.1) is 18.8 Å². The predicted molar refractivity (Wildman–Crippen MR) is 46.1 cm³/mol. The number of aliphatic hydroxyl groups excluding tert-OH is 2. The molecule has 5 heteroatoms. The first-order valence-electron chi connectivity index (χ1n) is 3.98. The molecule has 3 atom stereocenters. The monoisotopic (exact) mass is 194 g/mol. The van der Waals surface area contributed by atoms with Crippen LogP contribution < -0.4 is 0 Å². The predicted octanol–water partition coefficient (Wildman–Crippen LogP) is 0.0934. The van der Waals surface area contributed by atoms with E-state index in [1.807, 2.05) is 0 Å². The Hall–Kier alpha value is 0.190. The second-order valence-corrected chi connectivity index (χ2v) is 3.61. The van der Waals surface area contributed by atoms with Crippen LogP contribution in [-0.4, -0.2) is 45.4 Å². The van der Waals surface area contributed by atoms with Crippen LogP contribution in [0.2, 0.25) is 0 Å². The maximum Gasteiger partial charge on any atom is 0.103 e. The number of hydrogen-bond donors (Lipinski definition) is 3. The lowest BCUT2D eigenvalue weighted by Crippen LogP contribution is -2.41. The first-order chi connectivity index (χ1) is 5.74. The van der Waals surface area contributed by atoms with Crippen LogP contribution >= 0.6 is 12.0 Å². The molecule has 0 amide bonds. The molecule has 1 aliphatic rings. The third-order valence-electron chi connectivity index (χ3n) is 1.98. The van der Waals surface area contributed by atoms with Crippen molar-refractivity contribution in [1.82, 2.24) is 0 Å². The van der Waals surface area contributed by atoms with Gasteiger partial charge in [0.2, 0.25) is 0 Å². The molecule has 0 spiro atoms. The molecule has 0 aromatic rings. The Morgan fingerprint density at radius 2 is 2.08 bits per heavy atom. The highest BCUT2D eigenvalue weighted by molar-refractivity contribution is 7.93. The second kappa shape index (κ2) is 5.04. The van der Waals surface area contributed by atoms with E-state index < -0.39 is 12.2 Å². The topological polar surface area (TPSA) is 69.9 Å². The number of ether oxygens (including phenoxy) is 1. The van der Waals surface area contributed by atoms with E-state index in [9.17, 15) is 5.11 Å². The van der Waals surface area contributed by atoms with E-state index in [-0.39, 0.29) is 12.7 Å². The van der Waals surface area contributed by atoms with Crippen molar-refractivity contribution in [2.45, 2.75) is 31.2 Å². The van der Waals surface area contributed by atoms with E-state index in [4.69, 9.17) is 14.4 Å². The van der Waals surface area contributed by atoms with Gasteiger partial charge in [-0.25, -0.2) is 0 Å². The lowest BCUT2D eigenvalue weighted by Gasteiger charge is -2.30. The summed E-state index contributed by atoms with van der Waals surface area (Å²) in [5, 5.41) is 18.3. The van der Waals surface area contributed by atoms with E-state index in [1.54, 1.807) is 0 Å². The molecule has 0 aromatic heterocycles. The van der Waals surface area contributed by atoms with Crippen LogP contribution in [-0.2, 0) is 4.74 Å². The molecule has 0 aliphatic carbocycles. The Labute approximate surface area is 75.8 Å². The van der Waals surface area contributed by atoms with Crippen molar-refractivity contribution in [2.24, 2.45) is 0 Å². The summed E-state index contributed by atoms with van der Waals surface area (Å²) in [6, 6.07) is 0. The smallest absolute Gasteiger partial charge is 0.103 e. The van der Waals surface area contributed by atoms with Crippen molar-refractivity contribution in [1.29, 1.82) is 0 Å². The number of hydrogen-bond acceptors (Lipinski definition) is 5. The van der Waals surface area contributed by atoms with Crippen molar-refractivity contribution >= 4 is 12.0 Å². The standard InChI is InChI=1S/C7H14O4S/c8-6-3-5(1-2-12-10)11-4-7(6)9/h5-10H,1-4H2/t5-,6+,7-/m1/s1. The molecular formula is C7H14O4S. The Bertz CT molecular complexity index is 131. The first-order valence-corrected chi connectivity index (χ1v) is 4.92. The summed E-state index contributed by atoms with van der Waals surface area (Å²) in [4.78, 5) is 0. The summed E-state index contributed by atoms with van der Waals surface area (Å²) in [7, 11) is 0. The Morgan fingerprint density at radius 1 is 1.33 bits per heavy atom. The van der Waals surface area contributed by atoms with Crippen LogP contribution in [0.25, 0.3) is 0 Å². The highest BCUT2D eigenvalue weighted by atomic mass is 32.2. The van der Waals surface area contributed by atoms with E-state index in [1.165, 1.54) is 0 Å². The van der Waals surface area contributed by atoms with Crippen molar-refractivity contribution < 1.29 is 19.5 Å². The van der Waals surface area contributed by atoms with E-state index in [2.05, 4.69) is 0 Å². The van der Waals surface area contributed by atoms with Crippen molar-refractivity contribution in [2.75, 3.05) is 12.4 Å². The average molecular weight is 194 g/mol. The Balaban J connectivity index is 2.21. The van der Waals surface area contributed by atoms with Crippen molar-refractivity contribution in [3.63, 3.8) is 0 Å². The van der Waals surface area contributed by atoms with Crippen LogP contribution in [0.1, 0.15) is 12.8 Å². The van der Waals surface area contributed by atoms with Gasteiger partial charge in [-0.3, -0.25) is 0 Å². The van der Waals surface area contributed by atoms with Crippen LogP contribution in [0.3, 0.4) is 0 Å². The average Bonchev–Trinajstić information content (AvgIpc) is 2.07. The molecule has 12 heavy (non-hydrogen) atoms. The third kappa shape index (κ3) is 2.91. The van der Waals surface area contributed by atoms with E-state index in [0.29, 0.717) is 18.6 Å². The molecule has 0 aromatic carbocycles. The minimum absolute atomic E-state index is 0.0250. The van der Waals surface area contributed by atoms with Crippen molar-refractivity contribution in [3.8, 4) is 0 Å². The molecule has 1 rings (SSSR count). The van der Waals surface area contributed by atoms with Crippen LogP contribution in [0, 0.1) is 0 Å². The second-order valence-electron chi connectivity index (χ2n) is 2.95. The van der Waals surface area contributed by atoms with Gasteiger partial charge in [-0.15, -0.1) is 0 Å². The molecule has 3 N–H and O–H groups in total. The van der Waals surface area contributed by atoms with Gasteiger partial charge >= 0.3 is 0 Å². The molecule has 1 fully saturated rings. The quantitative estimate of drug-likeness (QED) is 0.556. The maximum atomic E-state index is 9.25. The molecule has 72 valence electrons. The van der Waals surface area contributed by atoms with E-state index in [0.717, 1.165) is 12.0 Å². The number of aliphatic hydroxyl groups is 2. The Morgan fingerprint density at radius 3 is 2.67 bits per heavy atom. The molecule has 0 bridgehead atoms. The van der Waals surface area contributed by atoms with Crippen LogP contribution in [0.5, 0.6) is 0 Å². The lowest BCUT2D eigenvalue weighted by atomic mass is 10.0. The van der Waals surface area contributed by atoms with Crippen LogP contribution in [0.15, 0.2) is 0 Å². The fraction of sp³-hybridized carbons (Fsp3) is 1.00. The van der Waals surface area contributed by atoms with Gasteiger partial charge < -0.3 is 19.5 Å². The fourth-order valence-electron chi connectivity index (χ4n) is 1.23. The van der Waals surface area contributed by atoms with Gasteiger partial charge in [0.25, 0.3) is 0 Å². The van der Waals surface area contributed by atoms with E-state index >= 15 is 0 Å². The first kappa shape index (κ1) is 10.3. The number of rotatable bonds is 3. The van der Waals surface area contributed by atoms with Gasteiger partial charge in [-0.2, -0.15) is 0 Å². The maximum absolute atomic E-state index is 9.25. The zero-order valence-electron chi connectivity index (χ0n) is 6.72. The minimum Gasteiger partial charge on any atom is -0.390 e. The van der Waals surface area contributed by atoms with Gasteiger partial charge in [-0.05, 0) is 18.5 Å². The molecule has 4 nitrogen and oxygen atoms in total. The molecule has 1 saturated heterocycles. The zero-order chi connectivity index (χ0) is 8.97. The van der Waals surface area contributed by atoms with Gasteiger partial charge in [0, 0.05) is 12.2 Å². The van der Waals surface area contributed by atoms with Crippen molar-refractivity contribution in [3.05, 3.63) is 0 Å². The summed E-state index contributed by atoms with van der Waals surface area (Å²) in [6.45, 7) is 0.196. The van der Waals surface area contributed by atoms with Gasteiger partial charge in [0.15, 0.2) is 0 Å². The summed E-state index contributed by atoms with van der Waals surface area (Å²) in [5.74, 6) is 0.605. The largest absolute Gasteiger partial charge is 0.390 e.